The first-order valence-corrected chi connectivity index (χ1v) is 8.51. The van der Waals surface area contributed by atoms with Crippen molar-refractivity contribution >= 4 is 22.0 Å². The molecule has 0 aromatic heterocycles. The lowest BCUT2D eigenvalue weighted by atomic mass is 10.2. The number of methoxy groups -OCH3 is 1. The van der Waals surface area contributed by atoms with Crippen molar-refractivity contribution in [2.45, 2.75) is 12.5 Å². The van der Waals surface area contributed by atoms with Crippen molar-refractivity contribution in [3.8, 4) is 11.5 Å². The van der Waals surface area contributed by atoms with Crippen molar-refractivity contribution in [2.75, 3.05) is 25.2 Å². The van der Waals surface area contributed by atoms with Gasteiger partial charge in [-0.3, -0.25) is 9.59 Å². The summed E-state index contributed by atoms with van der Waals surface area (Å²) in [6, 6.07) is 4.24. The number of ether oxygens (including phenoxy) is 2. The van der Waals surface area contributed by atoms with Crippen molar-refractivity contribution in [3.05, 3.63) is 23.8 Å². The molecule has 1 aliphatic rings. The minimum absolute atomic E-state index is 0.0390. The minimum Gasteiger partial charge on any atom is -0.493 e. The van der Waals surface area contributed by atoms with Gasteiger partial charge in [0.2, 0.25) is 0 Å². The summed E-state index contributed by atoms with van der Waals surface area (Å²) < 4.78 is 33.1. The number of aldehydes is 1. The molecule has 1 N–H and O–H groups in total. The van der Waals surface area contributed by atoms with Gasteiger partial charge >= 0.3 is 0 Å². The molecule has 1 aliphatic heterocycles. The van der Waals surface area contributed by atoms with Crippen LogP contribution in [0.3, 0.4) is 0 Å². The summed E-state index contributed by atoms with van der Waals surface area (Å²) in [4.78, 5) is 22.6. The predicted octanol–water partition coefficient (Wildman–Crippen LogP) is 0.190. The second-order valence-electron chi connectivity index (χ2n) is 4.98. The summed E-state index contributed by atoms with van der Waals surface area (Å²) in [6.45, 7) is -0.283. The molecule has 1 heterocycles. The molecule has 0 radical (unpaired) electrons. The maximum Gasteiger partial charge on any atom is 0.258 e. The number of carbonyl (C=O) groups excluding carboxylic acids is 2. The number of hydrogen-bond acceptors (Lipinski definition) is 6. The highest BCUT2D eigenvalue weighted by Gasteiger charge is 2.28. The lowest BCUT2D eigenvalue weighted by molar-refractivity contribution is -0.123. The Labute approximate surface area is 128 Å². The third-order valence-corrected chi connectivity index (χ3v) is 5.05. The van der Waals surface area contributed by atoms with Gasteiger partial charge in [0.15, 0.2) is 27.9 Å². The van der Waals surface area contributed by atoms with Crippen molar-refractivity contribution in [2.24, 2.45) is 0 Å². The average molecular weight is 327 g/mol. The quantitative estimate of drug-likeness (QED) is 0.749. The maximum absolute atomic E-state index is 11.8. The van der Waals surface area contributed by atoms with Gasteiger partial charge in [0, 0.05) is 11.6 Å². The topological polar surface area (TPSA) is 98.8 Å². The van der Waals surface area contributed by atoms with E-state index in [9.17, 15) is 18.0 Å². The first kappa shape index (κ1) is 16.3. The van der Waals surface area contributed by atoms with Gasteiger partial charge in [0.25, 0.3) is 5.91 Å². The molecule has 120 valence electrons. The molecule has 1 atom stereocenters. The molecule has 0 unspecified atom stereocenters. The van der Waals surface area contributed by atoms with E-state index in [1.54, 1.807) is 12.1 Å². The zero-order valence-electron chi connectivity index (χ0n) is 12.1. The van der Waals surface area contributed by atoms with E-state index >= 15 is 0 Å². The zero-order valence-corrected chi connectivity index (χ0v) is 12.9. The Hall–Kier alpha value is -2.09. The van der Waals surface area contributed by atoms with Crippen LogP contribution >= 0.6 is 0 Å². The zero-order chi connectivity index (χ0) is 16.2. The van der Waals surface area contributed by atoms with Crippen molar-refractivity contribution in [3.63, 3.8) is 0 Å². The molecular weight excluding hydrogens is 310 g/mol. The molecule has 0 spiro atoms. The van der Waals surface area contributed by atoms with Crippen LogP contribution in [0.1, 0.15) is 16.8 Å². The van der Waals surface area contributed by atoms with Crippen LogP contribution in [0.25, 0.3) is 0 Å². The summed E-state index contributed by atoms with van der Waals surface area (Å²) in [6.07, 6.45) is 1.08. The second kappa shape index (κ2) is 6.78. The lowest BCUT2D eigenvalue weighted by Gasteiger charge is -2.13. The summed E-state index contributed by atoms with van der Waals surface area (Å²) in [7, 11) is -1.59. The third kappa shape index (κ3) is 4.20. The van der Waals surface area contributed by atoms with Gasteiger partial charge in [-0.05, 0) is 24.6 Å². The largest absolute Gasteiger partial charge is 0.493 e. The van der Waals surface area contributed by atoms with Gasteiger partial charge in [-0.2, -0.15) is 0 Å². The fourth-order valence-corrected chi connectivity index (χ4v) is 3.87. The van der Waals surface area contributed by atoms with Crippen LogP contribution in [0, 0.1) is 0 Å². The standard InChI is InChI=1S/C14H17NO6S/c1-20-12-3-2-10(7-16)6-13(12)21-8-14(17)15-11-4-5-22(18,19)9-11/h2-3,6-7,11H,4-5,8-9H2,1H3,(H,15,17)/t11-/m0/s1. The Kier molecular flexibility index (Phi) is 5.02. The van der Waals surface area contributed by atoms with Crippen molar-refractivity contribution in [1.82, 2.24) is 5.32 Å². The van der Waals surface area contributed by atoms with Crippen molar-refractivity contribution < 1.29 is 27.5 Å². The molecule has 1 saturated heterocycles. The Morgan fingerprint density at radius 3 is 2.77 bits per heavy atom. The Morgan fingerprint density at radius 2 is 2.18 bits per heavy atom. The van der Waals surface area contributed by atoms with E-state index in [0.717, 1.165) is 0 Å². The molecule has 7 nitrogen and oxygen atoms in total. The summed E-state index contributed by atoms with van der Waals surface area (Å²) in [5, 5.41) is 2.62. The third-order valence-electron chi connectivity index (χ3n) is 3.28. The highest BCUT2D eigenvalue weighted by molar-refractivity contribution is 7.91. The summed E-state index contributed by atoms with van der Waals surface area (Å²) in [5.41, 5.74) is 0.401. The monoisotopic (exact) mass is 327 g/mol. The van der Waals surface area contributed by atoms with E-state index in [1.165, 1.54) is 13.2 Å². The Balaban J connectivity index is 1.92. The SMILES string of the molecule is COc1ccc(C=O)cc1OCC(=O)N[C@H]1CCS(=O)(=O)C1. The number of hydrogen-bond donors (Lipinski definition) is 1. The minimum atomic E-state index is -3.04. The summed E-state index contributed by atoms with van der Waals surface area (Å²) in [5.74, 6) is 0.320. The molecule has 0 saturated carbocycles. The van der Waals surface area contributed by atoms with Gasteiger partial charge in [-0.15, -0.1) is 0 Å². The molecule has 0 bridgehead atoms. The van der Waals surface area contributed by atoms with E-state index in [-0.39, 0.29) is 29.9 Å². The molecule has 0 aliphatic carbocycles. The van der Waals surface area contributed by atoms with E-state index in [2.05, 4.69) is 5.32 Å². The molecule has 1 amide bonds. The smallest absolute Gasteiger partial charge is 0.258 e. The van der Waals surface area contributed by atoms with E-state index in [0.29, 0.717) is 24.0 Å². The molecule has 8 heteroatoms. The van der Waals surface area contributed by atoms with E-state index in [4.69, 9.17) is 9.47 Å². The molecule has 22 heavy (non-hydrogen) atoms. The number of rotatable bonds is 6. The van der Waals surface area contributed by atoms with Crippen LogP contribution in [0.5, 0.6) is 11.5 Å². The summed E-state index contributed by atoms with van der Waals surface area (Å²) >= 11 is 0. The molecule has 1 aromatic rings. The van der Waals surface area contributed by atoms with Crippen LogP contribution in [0.4, 0.5) is 0 Å². The molecule has 1 fully saturated rings. The first-order chi connectivity index (χ1) is 10.4. The van der Waals surface area contributed by atoms with E-state index < -0.39 is 15.7 Å². The Morgan fingerprint density at radius 1 is 1.41 bits per heavy atom. The van der Waals surface area contributed by atoms with Gasteiger partial charge in [-0.25, -0.2) is 8.42 Å². The molecule has 2 rings (SSSR count). The van der Waals surface area contributed by atoms with Crippen LogP contribution in [-0.4, -0.2) is 51.9 Å². The van der Waals surface area contributed by atoms with Crippen LogP contribution in [0.2, 0.25) is 0 Å². The van der Waals surface area contributed by atoms with Gasteiger partial charge < -0.3 is 14.8 Å². The Bertz CT molecular complexity index is 670. The first-order valence-electron chi connectivity index (χ1n) is 6.69. The van der Waals surface area contributed by atoms with Gasteiger partial charge in [-0.1, -0.05) is 0 Å². The fraction of sp³-hybridized carbons (Fsp3) is 0.429. The lowest BCUT2D eigenvalue weighted by Crippen LogP contribution is -2.38. The fourth-order valence-electron chi connectivity index (χ4n) is 2.20. The number of amides is 1. The second-order valence-corrected chi connectivity index (χ2v) is 7.21. The number of benzene rings is 1. The normalized spacial score (nSPS) is 19.4. The van der Waals surface area contributed by atoms with Gasteiger partial charge in [0.05, 0.1) is 18.6 Å². The van der Waals surface area contributed by atoms with Crippen molar-refractivity contribution in [1.29, 1.82) is 0 Å². The van der Waals surface area contributed by atoms with Crippen LogP contribution in [-0.2, 0) is 14.6 Å². The number of nitrogens with one attached hydrogen (secondary N) is 1. The molecular formula is C14H17NO6S. The number of sulfone groups is 1. The van der Waals surface area contributed by atoms with Gasteiger partial charge in [0.1, 0.15) is 6.29 Å². The van der Waals surface area contributed by atoms with Crippen LogP contribution in [0.15, 0.2) is 18.2 Å². The highest BCUT2D eigenvalue weighted by Crippen LogP contribution is 2.27. The predicted molar refractivity (Wildman–Crippen MR) is 79.1 cm³/mol. The maximum atomic E-state index is 11.8. The number of carbonyl (C=O) groups is 2. The van der Waals surface area contributed by atoms with E-state index in [1.807, 2.05) is 0 Å². The average Bonchev–Trinajstić information content (AvgIpc) is 2.83. The molecule has 1 aromatic carbocycles. The highest BCUT2D eigenvalue weighted by atomic mass is 32.2. The van der Waals surface area contributed by atoms with Crippen LogP contribution < -0.4 is 14.8 Å².